The molecule has 2 heterocycles. The van der Waals surface area contributed by atoms with Gasteiger partial charge in [-0.15, -0.1) is 11.3 Å². The number of aromatic nitrogens is 2. The molecule has 0 aliphatic carbocycles. The first-order chi connectivity index (χ1) is 12.3. The smallest absolute Gasteiger partial charge is 0.224 e. The first-order valence-electron chi connectivity index (χ1n) is 8.15. The van der Waals surface area contributed by atoms with Gasteiger partial charge in [0.2, 0.25) is 5.91 Å². The third-order valence-electron chi connectivity index (χ3n) is 4.01. The second kappa shape index (κ2) is 6.91. The number of rotatable bonds is 5. The lowest BCUT2D eigenvalue weighted by Crippen LogP contribution is -2.11. The van der Waals surface area contributed by atoms with Crippen LogP contribution in [0.3, 0.4) is 0 Å². The topological polar surface area (TPSA) is 57.8 Å². The van der Waals surface area contributed by atoms with Crippen molar-refractivity contribution >= 4 is 34.0 Å². The van der Waals surface area contributed by atoms with Crippen LogP contribution in [0.1, 0.15) is 11.3 Å². The van der Waals surface area contributed by atoms with Gasteiger partial charge in [0.05, 0.1) is 11.0 Å². The summed E-state index contributed by atoms with van der Waals surface area (Å²) in [5.41, 5.74) is 3.76. The Morgan fingerprint density at radius 2 is 1.88 bits per heavy atom. The zero-order valence-corrected chi connectivity index (χ0v) is 14.3. The summed E-state index contributed by atoms with van der Waals surface area (Å²) in [6.45, 7) is 0. The van der Waals surface area contributed by atoms with Gasteiger partial charge in [0, 0.05) is 22.5 Å². The normalized spacial score (nSPS) is 10.9. The molecule has 4 rings (SSSR count). The average molecular weight is 347 g/mol. The molecule has 0 spiro atoms. The van der Waals surface area contributed by atoms with Gasteiger partial charge in [0.25, 0.3) is 0 Å². The van der Waals surface area contributed by atoms with E-state index in [1.54, 1.807) is 11.3 Å². The molecule has 0 saturated carbocycles. The number of para-hydroxylation sites is 2. The minimum absolute atomic E-state index is 0.0323. The number of aryl methyl sites for hydroxylation is 1. The van der Waals surface area contributed by atoms with Gasteiger partial charge in [-0.3, -0.25) is 4.79 Å². The van der Waals surface area contributed by atoms with E-state index in [2.05, 4.69) is 21.4 Å². The number of benzene rings is 2. The summed E-state index contributed by atoms with van der Waals surface area (Å²) >= 11 is 1.68. The van der Waals surface area contributed by atoms with Crippen LogP contribution in [0.25, 0.3) is 22.4 Å². The molecular formula is C20H17N3OS. The van der Waals surface area contributed by atoms with Crippen molar-refractivity contribution in [2.45, 2.75) is 12.8 Å². The number of imidazole rings is 1. The molecule has 2 aromatic carbocycles. The number of thiophene rings is 1. The molecule has 5 heteroatoms. The SMILES string of the molecule is O=C(CCc1cccs1)Nc1ccc(-c2nc3ccccc3[nH]2)cc1. The van der Waals surface area contributed by atoms with Crippen molar-refractivity contribution in [1.29, 1.82) is 0 Å². The van der Waals surface area contributed by atoms with Crippen LogP contribution in [-0.2, 0) is 11.2 Å². The lowest BCUT2D eigenvalue weighted by atomic mass is 10.2. The highest BCUT2D eigenvalue weighted by atomic mass is 32.1. The lowest BCUT2D eigenvalue weighted by molar-refractivity contribution is -0.116. The molecule has 0 saturated heterocycles. The highest BCUT2D eigenvalue weighted by molar-refractivity contribution is 7.09. The monoisotopic (exact) mass is 347 g/mol. The van der Waals surface area contributed by atoms with E-state index in [1.165, 1.54) is 4.88 Å². The summed E-state index contributed by atoms with van der Waals surface area (Å²) in [5.74, 6) is 0.863. The molecule has 0 fully saturated rings. The van der Waals surface area contributed by atoms with Crippen LogP contribution in [0.4, 0.5) is 5.69 Å². The third kappa shape index (κ3) is 3.61. The van der Waals surface area contributed by atoms with Crippen molar-refractivity contribution in [2.75, 3.05) is 5.32 Å². The predicted octanol–water partition coefficient (Wildman–Crippen LogP) is 4.86. The van der Waals surface area contributed by atoms with Crippen molar-refractivity contribution < 1.29 is 4.79 Å². The van der Waals surface area contributed by atoms with E-state index < -0.39 is 0 Å². The van der Waals surface area contributed by atoms with Crippen LogP contribution in [0, 0.1) is 0 Å². The number of hydrogen-bond donors (Lipinski definition) is 2. The number of carbonyl (C=O) groups is 1. The number of carbonyl (C=O) groups excluding carboxylic acids is 1. The zero-order valence-electron chi connectivity index (χ0n) is 13.5. The summed E-state index contributed by atoms with van der Waals surface area (Å²) in [6.07, 6.45) is 1.27. The van der Waals surface area contributed by atoms with Gasteiger partial charge in [0.1, 0.15) is 5.82 Å². The van der Waals surface area contributed by atoms with Crippen molar-refractivity contribution in [3.05, 3.63) is 70.9 Å². The standard InChI is InChI=1S/C20H17N3OS/c24-19(12-11-16-4-3-13-25-16)21-15-9-7-14(8-10-15)20-22-17-5-1-2-6-18(17)23-20/h1-10,13H,11-12H2,(H,21,24)(H,22,23). The van der Waals surface area contributed by atoms with Crippen LogP contribution >= 0.6 is 11.3 Å². The fraction of sp³-hybridized carbons (Fsp3) is 0.100. The molecule has 124 valence electrons. The summed E-state index contributed by atoms with van der Waals surface area (Å²) in [6, 6.07) is 19.8. The number of nitrogens with zero attached hydrogens (tertiary/aromatic N) is 1. The zero-order chi connectivity index (χ0) is 17.1. The molecule has 4 nitrogen and oxygen atoms in total. The number of H-pyrrole nitrogens is 1. The Hall–Kier alpha value is -2.92. The molecule has 0 bridgehead atoms. The number of nitrogens with one attached hydrogen (secondary N) is 2. The maximum atomic E-state index is 12.1. The molecule has 0 radical (unpaired) electrons. The van der Waals surface area contributed by atoms with Gasteiger partial charge in [-0.1, -0.05) is 18.2 Å². The van der Waals surface area contributed by atoms with Crippen molar-refractivity contribution in [1.82, 2.24) is 9.97 Å². The van der Waals surface area contributed by atoms with E-state index in [-0.39, 0.29) is 5.91 Å². The average Bonchev–Trinajstić information content (AvgIpc) is 3.30. The van der Waals surface area contributed by atoms with Gasteiger partial charge < -0.3 is 10.3 Å². The van der Waals surface area contributed by atoms with Crippen LogP contribution in [0.15, 0.2) is 66.0 Å². The fourth-order valence-electron chi connectivity index (χ4n) is 2.72. The summed E-state index contributed by atoms with van der Waals surface area (Å²) < 4.78 is 0. The molecule has 0 aliphatic heterocycles. The molecule has 0 atom stereocenters. The van der Waals surface area contributed by atoms with E-state index in [0.29, 0.717) is 6.42 Å². The Labute approximate surface area is 149 Å². The van der Waals surface area contributed by atoms with Crippen LogP contribution in [0.5, 0.6) is 0 Å². The molecule has 2 aromatic heterocycles. The van der Waals surface area contributed by atoms with Gasteiger partial charge >= 0.3 is 0 Å². The molecular weight excluding hydrogens is 330 g/mol. The summed E-state index contributed by atoms with van der Waals surface area (Å²) in [4.78, 5) is 21.2. The minimum atomic E-state index is 0.0323. The summed E-state index contributed by atoms with van der Waals surface area (Å²) in [7, 11) is 0. The molecule has 1 amide bonds. The molecule has 25 heavy (non-hydrogen) atoms. The maximum absolute atomic E-state index is 12.1. The molecule has 0 unspecified atom stereocenters. The number of anilines is 1. The highest BCUT2D eigenvalue weighted by Gasteiger charge is 2.07. The van der Waals surface area contributed by atoms with E-state index in [9.17, 15) is 4.79 Å². The molecule has 0 aliphatic rings. The Morgan fingerprint density at radius 3 is 2.64 bits per heavy atom. The molecule has 2 N–H and O–H groups in total. The Morgan fingerprint density at radius 1 is 1.04 bits per heavy atom. The third-order valence-corrected chi connectivity index (χ3v) is 4.95. The van der Waals surface area contributed by atoms with E-state index >= 15 is 0 Å². The summed E-state index contributed by atoms with van der Waals surface area (Å²) in [5, 5.41) is 4.98. The maximum Gasteiger partial charge on any atom is 0.224 e. The van der Waals surface area contributed by atoms with Crippen molar-refractivity contribution in [3.8, 4) is 11.4 Å². The lowest BCUT2D eigenvalue weighted by Gasteiger charge is -2.05. The first-order valence-corrected chi connectivity index (χ1v) is 9.03. The highest BCUT2D eigenvalue weighted by Crippen LogP contribution is 2.22. The number of fused-ring (bicyclic) bond motifs is 1. The van der Waals surface area contributed by atoms with Gasteiger partial charge in [-0.2, -0.15) is 0 Å². The van der Waals surface area contributed by atoms with Crippen LogP contribution < -0.4 is 5.32 Å². The Bertz CT molecular complexity index is 954. The van der Waals surface area contributed by atoms with Crippen molar-refractivity contribution in [3.63, 3.8) is 0 Å². The van der Waals surface area contributed by atoms with Crippen LogP contribution in [0.2, 0.25) is 0 Å². The van der Waals surface area contributed by atoms with E-state index in [0.717, 1.165) is 34.5 Å². The van der Waals surface area contributed by atoms with Crippen LogP contribution in [-0.4, -0.2) is 15.9 Å². The quantitative estimate of drug-likeness (QED) is 0.541. The second-order valence-electron chi connectivity index (χ2n) is 5.81. The number of hydrogen-bond acceptors (Lipinski definition) is 3. The minimum Gasteiger partial charge on any atom is -0.338 e. The Kier molecular flexibility index (Phi) is 4.31. The second-order valence-corrected chi connectivity index (χ2v) is 6.84. The van der Waals surface area contributed by atoms with E-state index in [1.807, 2.05) is 60.0 Å². The van der Waals surface area contributed by atoms with Gasteiger partial charge in [-0.05, 0) is 54.3 Å². The predicted molar refractivity (Wildman–Crippen MR) is 103 cm³/mol. The van der Waals surface area contributed by atoms with E-state index in [4.69, 9.17) is 0 Å². The number of aromatic amines is 1. The van der Waals surface area contributed by atoms with Gasteiger partial charge in [-0.25, -0.2) is 4.98 Å². The Balaban J connectivity index is 1.42. The fourth-order valence-corrected chi connectivity index (χ4v) is 3.42. The largest absolute Gasteiger partial charge is 0.338 e. The van der Waals surface area contributed by atoms with Crippen molar-refractivity contribution in [2.24, 2.45) is 0 Å². The van der Waals surface area contributed by atoms with Gasteiger partial charge in [0.15, 0.2) is 0 Å². The first kappa shape index (κ1) is 15.6. The molecule has 4 aromatic rings. The number of amides is 1.